The van der Waals surface area contributed by atoms with Gasteiger partial charge in [-0.3, -0.25) is 4.79 Å². The second-order valence-corrected chi connectivity index (χ2v) is 6.65. The molecular weight excluding hydrogens is 246 g/mol. The first-order valence-electron chi connectivity index (χ1n) is 6.44. The van der Waals surface area contributed by atoms with Crippen LogP contribution < -0.4 is 10.6 Å². The third kappa shape index (κ3) is 3.09. The second kappa shape index (κ2) is 5.36. The molecule has 0 unspecified atom stereocenters. The average Bonchev–Trinajstić information content (AvgIpc) is 2.79. The van der Waals surface area contributed by atoms with Gasteiger partial charge in [-0.25, -0.2) is 4.98 Å². The van der Waals surface area contributed by atoms with Gasteiger partial charge in [-0.15, -0.1) is 11.3 Å². The minimum absolute atomic E-state index is 0.0242. The molecular formula is C13H21N3OS. The molecule has 2 N–H and O–H groups in total. The van der Waals surface area contributed by atoms with Crippen molar-refractivity contribution in [3.05, 3.63) is 16.1 Å². The van der Waals surface area contributed by atoms with Crippen LogP contribution in [-0.4, -0.2) is 30.0 Å². The summed E-state index contributed by atoms with van der Waals surface area (Å²) in [7, 11) is 0. The largest absolute Gasteiger partial charge is 0.347 e. The van der Waals surface area contributed by atoms with Crippen molar-refractivity contribution in [2.75, 3.05) is 13.1 Å². The molecule has 0 aliphatic carbocycles. The molecule has 1 atom stereocenters. The summed E-state index contributed by atoms with van der Waals surface area (Å²) in [5, 5.41) is 6.41. The molecule has 4 nitrogen and oxygen atoms in total. The highest BCUT2D eigenvalue weighted by Crippen LogP contribution is 2.27. The summed E-state index contributed by atoms with van der Waals surface area (Å²) in [6.45, 7) is 8.18. The molecule has 18 heavy (non-hydrogen) atoms. The van der Waals surface area contributed by atoms with Gasteiger partial charge in [-0.1, -0.05) is 20.8 Å². The number of rotatable bonds is 2. The number of thiazole rings is 1. The van der Waals surface area contributed by atoms with Crippen LogP contribution in [0.3, 0.4) is 0 Å². The van der Waals surface area contributed by atoms with Crippen molar-refractivity contribution in [2.24, 2.45) is 0 Å². The number of amides is 1. The predicted octanol–water partition coefficient (Wildman–Crippen LogP) is 1.92. The van der Waals surface area contributed by atoms with Gasteiger partial charge in [0.1, 0.15) is 4.88 Å². The van der Waals surface area contributed by atoms with E-state index in [-0.39, 0.29) is 17.4 Å². The number of hydrogen-bond acceptors (Lipinski definition) is 4. The highest BCUT2D eigenvalue weighted by Gasteiger charge is 2.26. The van der Waals surface area contributed by atoms with Gasteiger partial charge >= 0.3 is 0 Å². The van der Waals surface area contributed by atoms with E-state index in [1.54, 1.807) is 5.51 Å². The van der Waals surface area contributed by atoms with Gasteiger partial charge in [0.05, 0.1) is 11.2 Å². The van der Waals surface area contributed by atoms with E-state index in [1.807, 2.05) is 0 Å². The molecule has 2 heterocycles. The zero-order valence-corrected chi connectivity index (χ0v) is 12.1. The highest BCUT2D eigenvalue weighted by molar-refractivity contribution is 7.11. The summed E-state index contributed by atoms with van der Waals surface area (Å²) in [4.78, 5) is 17.4. The molecule has 1 saturated heterocycles. The first-order chi connectivity index (χ1) is 8.48. The Morgan fingerprint density at radius 3 is 2.94 bits per heavy atom. The Balaban J connectivity index is 2.07. The molecule has 1 aromatic rings. The van der Waals surface area contributed by atoms with Crippen LogP contribution in [0.4, 0.5) is 0 Å². The molecule has 1 fully saturated rings. The summed E-state index contributed by atoms with van der Waals surface area (Å²) in [6, 6.07) is 0.251. The normalized spacial score (nSPS) is 20.7. The molecule has 0 bridgehead atoms. The van der Waals surface area contributed by atoms with E-state index < -0.39 is 0 Å². The van der Waals surface area contributed by atoms with E-state index in [0.29, 0.717) is 0 Å². The number of piperidine rings is 1. The number of hydrogen-bond donors (Lipinski definition) is 2. The van der Waals surface area contributed by atoms with E-state index in [2.05, 4.69) is 36.4 Å². The highest BCUT2D eigenvalue weighted by atomic mass is 32.1. The van der Waals surface area contributed by atoms with Crippen molar-refractivity contribution in [2.45, 2.75) is 45.1 Å². The Morgan fingerprint density at radius 2 is 2.33 bits per heavy atom. The first-order valence-corrected chi connectivity index (χ1v) is 7.32. The minimum atomic E-state index is -0.0858. The minimum Gasteiger partial charge on any atom is -0.347 e. The molecule has 0 saturated carbocycles. The van der Waals surface area contributed by atoms with E-state index >= 15 is 0 Å². The van der Waals surface area contributed by atoms with E-state index in [9.17, 15) is 4.79 Å². The van der Waals surface area contributed by atoms with Crippen LogP contribution in [0.25, 0.3) is 0 Å². The quantitative estimate of drug-likeness (QED) is 0.861. The maximum absolute atomic E-state index is 12.3. The summed E-state index contributed by atoms with van der Waals surface area (Å²) in [5.41, 5.74) is 2.57. The van der Waals surface area contributed by atoms with Crippen molar-refractivity contribution in [3.63, 3.8) is 0 Å². The topological polar surface area (TPSA) is 54.0 Å². The van der Waals surface area contributed by atoms with Crippen molar-refractivity contribution >= 4 is 17.2 Å². The van der Waals surface area contributed by atoms with E-state index in [0.717, 1.165) is 36.5 Å². The van der Waals surface area contributed by atoms with Crippen molar-refractivity contribution in [1.82, 2.24) is 15.6 Å². The fourth-order valence-corrected chi connectivity index (χ4v) is 3.07. The molecule has 0 spiro atoms. The van der Waals surface area contributed by atoms with Crippen LogP contribution in [0.5, 0.6) is 0 Å². The van der Waals surface area contributed by atoms with Crippen LogP contribution in [0, 0.1) is 0 Å². The Hall–Kier alpha value is -0.940. The molecule has 0 aromatic carbocycles. The number of carbonyl (C=O) groups excluding carboxylic acids is 1. The second-order valence-electron chi connectivity index (χ2n) is 5.80. The molecule has 5 heteroatoms. The molecule has 1 aliphatic rings. The molecule has 0 radical (unpaired) electrons. The van der Waals surface area contributed by atoms with Gasteiger partial charge in [-0.05, 0) is 19.4 Å². The molecule has 100 valence electrons. The fraction of sp³-hybridized carbons (Fsp3) is 0.692. The summed E-state index contributed by atoms with van der Waals surface area (Å²) < 4.78 is 0. The van der Waals surface area contributed by atoms with Crippen molar-refractivity contribution in [1.29, 1.82) is 0 Å². The average molecular weight is 267 g/mol. The fourth-order valence-electron chi connectivity index (χ4n) is 2.17. The number of aromatic nitrogens is 1. The summed E-state index contributed by atoms with van der Waals surface area (Å²) >= 11 is 1.43. The van der Waals surface area contributed by atoms with E-state index in [1.165, 1.54) is 11.3 Å². The molecule has 1 amide bonds. The van der Waals surface area contributed by atoms with Crippen LogP contribution in [-0.2, 0) is 5.41 Å². The van der Waals surface area contributed by atoms with Gasteiger partial charge in [0.25, 0.3) is 5.91 Å². The SMILES string of the molecule is CC(C)(C)c1ncsc1C(=O)N[C@H]1CCCNC1. The monoisotopic (exact) mass is 267 g/mol. The summed E-state index contributed by atoms with van der Waals surface area (Å²) in [5.74, 6) is 0.0242. The van der Waals surface area contributed by atoms with Crippen LogP contribution in [0.2, 0.25) is 0 Å². The van der Waals surface area contributed by atoms with E-state index in [4.69, 9.17) is 0 Å². The maximum atomic E-state index is 12.3. The Kier molecular flexibility index (Phi) is 4.02. The van der Waals surface area contributed by atoms with Crippen LogP contribution in [0.15, 0.2) is 5.51 Å². The van der Waals surface area contributed by atoms with Crippen molar-refractivity contribution < 1.29 is 4.79 Å². The lowest BCUT2D eigenvalue weighted by Gasteiger charge is -2.24. The lowest BCUT2D eigenvalue weighted by molar-refractivity contribution is 0.0932. The third-order valence-electron chi connectivity index (χ3n) is 3.12. The van der Waals surface area contributed by atoms with Gasteiger partial charge in [0, 0.05) is 18.0 Å². The molecule has 1 aromatic heterocycles. The Morgan fingerprint density at radius 1 is 1.56 bits per heavy atom. The maximum Gasteiger partial charge on any atom is 0.263 e. The molecule has 2 rings (SSSR count). The zero-order valence-electron chi connectivity index (χ0n) is 11.2. The van der Waals surface area contributed by atoms with Gasteiger partial charge in [0.15, 0.2) is 0 Å². The predicted molar refractivity (Wildman–Crippen MR) is 74.2 cm³/mol. The third-order valence-corrected chi connectivity index (χ3v) is 3.94. The standard InChI is InChI=1S/C13H21N3OS/c1-13(2,3)11-10(18-8-15-11)12(17)16-9-5-4-6-14-7-9/h8-9,14H,4-7H2,1-3H3,(H,16,17)/t9-/m0/s1. The zero-order chi connectivity index (χ0) is 13.2. The lowest BCUT2D eigenvalue weighted by atomic mass is 9.91. The van der Waals surface area contributed by atoms with Gasteiger partial charge < -0.3 is 10.6 Å². The Labute approximate surface area is 112 Å². The van der Waals surface area contributed by atoms with Crippen LogP contribution in [0.1, 0.15) is 49.0 Å². The summed E-state index contributed by atoms with van der Waals surface area (Å²) in [6.07, 6.45) is 2.18. The van der Waals surface area contributed by atoms with Gasteiger partial charge in [-0.2, -0.15) is 0 Å². The number of nitrogens with one attached hydrogen (secondary N) is 2. The Bertz CT molecular complexity index is 416. The lowest BCUT2D eigenvalue weighted by Crippen LogP contribution is -2.45. The van der Waals surface area contributed by atoms with Gasteiger partial charge in [0.2, 0.25) is 0 Å². The molecule has 1 aliphatic heterocycles. The van der Waals surface area contributed by atoms with Crippen molar-refractivity contribution in [3.8, 4) is 0 Å². The first kappa shape index (κ1) is 13.5. The number of nitrogens with zero attached hydrogens (tertiary/aromatic N) is 1. The smallest absolute Gasteiger partial charge is 0.263 e. The number of carbonyl (C=O) groups is 1. The van der Waals surface area contributed by atoms with Crippen LogP contribution >= 0.6 is 11.3 Å².